The third kappa shape index (κ3) is 25.9. The Hall–Kier alpha value is -0.120. The molecule has 0 amide bonds. The fourth-order valence-electron chi connectivity index (χ4n) is 2.18. The Morgan fingerprint density at radius 2 is 0.821 bits per heavy atom. The summed E-state index contributed by atoms with van der Waals surface area (Å²) in [4.78, 5) is 0. The van der Waals surface area contributed by atoms with E-state index in [1.807, 2.05) is 0 Å². The van der Waals surface area contributed by atoms with Crippen LogP contribution in [0.1, 0.15) is 52.4 Å². The van der Waals surface area contributed by atoms with Gasteiger partial charge in [0.2, 0.25) is 0 Å². The van der Waals surface area contributed by atoms with E-state index in [0.717, 1.165) is 88.3 Å². The maximum atomic E-state index is 5.17. The summed E-state index contributed by atoms with van der Waals surface area (Å²) in [5.74, 6) is 0. The molecule has 0 fully saturated rings. The first-order valence-corrected chi connectivity index (χ1v) is 11.0. The minimum atomic E-state index is 0. The molecule has 0 saturated carbocycles. The first-order valence-electron chi connectivity index (χ1n) is 10.2. The maximum absolute atomic E-state index is 5.17. The third-order valence-electron chi connectivity index (χ3n) is 3.66. The summed E-state index contributed by atoms with van der Waals surface area (Å²) in [6.07, 6.45) is 6.79. The van der Waals surface area contributed by atoms with Gasteiger partial charge in [-0.3, -0.25) is 0 Å². The van der Waals surface area contributed by atoms with E-state index in [-0.39, 0.29) is 24.8 Å². The molecule has 0 saturated heterocycles. The van der Waals surface area contributed by atoms with Crippen molar-refractivity contribution in [1.29, 1.82) is 0 Å². The van der Waals surface area contributed by atoms with Crippen LogP contribution in [-0.2, 0) is 0 Å². The monoisotopic (exact) mass is 476 g/mol. The van der Waals surface area contributed by atoms with Crippen LogP contribution >= 0.6 is 49.2 Å². The second kappa shape index (κ2) is 26.9. The highest BCUT2D eigenvalue weighted by Gasteiger charge is 1.95. The molecule has 6 nitrogen and oxygen atoms in total. The smallest absolute Gasteiger partial charge is 0.166 e. The number of unbranched alkanes of at least 4 members (excludes halogenated alkanes) is 1. The van der Waals surface area contributed by atoms with Crippen molar-refractivity contribution in [2.75, 3.05) is 52.4 Å². The largest absolute Gasteiger partial charge is 0.363 e. The molecule has 6 N–H and O–H groups in total. The van der Waals surface area contributed by atoms with Crippen molar-refractivity contribution < 1.29 is 0 Å². The lowest BCUT2D eigenvalue weighted by molar-refractivity contribution is 0.564. The average molecular weight is 478 g/mol. The Morgan fingerprint density at radius 1 is 0.500 bits per heavy atom. The van der Waals surface area contributed by atoms with E-state index < -0.39 is 0 Å². The zero-order chi connectivity index (χ0) is 19.3. The van der Waals surface area contributed by atoms with Gasteiger partial charge in [-0.1, -0.05) is 13.8 Å². The zero-order valence-corrected chi connectivity index (χ0v) is 20.8. The number of halogens is 2. The normalized spacial score (nSPS) is 9.64. The molecule has 0 aromatic rings. The number of rotatable bonds is 17. The maximum Gasteiger partial charge on any atom is 0.166 e. The third-order valence-corrected chi connectivity index (χ3v) is 4.24. The van der Waals surface area contributed by atoms with Gasteiger partial charge in [0.1, 0.15) is 0 Å². The molecular formula is C18H42Cl2N6S2. The first-order chi connectivity index (χ1) is 12.7. The van der Waals surface area contributed by atoms with Gasteiger partial charge in [-0.05, 0) is 89.1 Å². The van der Waals surface area contributed by atoms with E-state index >= 15 is 0 Å². The van der Waals surface area contributed by atoms with Gasteiger partial charge >= 0.3 is 0 Å². The molecule has 170 valence electrons. The zero-order valence-electron chi connectivity index (χ0n) is 17.5. The Labute approximate surface area is 195 Å². The number of nitrogens with one attached hydrogen (secondary N) is 6. The number of hydrogen-bond donors (Lipinski definition) is 6. The summed E-state index contributed by atoms with van der Waals surface area (Å²) in [6.45, 7) is 12.2. The van der Waals surface area contributed by atoms with Crippen molar-refractivity contribution in [2.24, 2.45) is 0 Å². The van der Waals surface area contributed by atoms with E-state index in [4.69, 9.17) is 24.4 Å². The van der Waals surface area contributed by atoms with E-state index in [1.165, 1.54) is 12.8 Å². The van der Waals surface area contributed by atoms with Gasteiger partial charge in [-0.2, -0.15) is 0 Å². The molecule has 0 atom stereocenters. The lowest BCUT2D eigenvalue weighted by Crippen LogP contribution is -2.37. The van der Waals surface area contributed by atoms with Crippen LogP contribution in [0.25, 0.3) is 0 Å². The molecule has 0 aliphatic carbocycles. The number of hydrogen-bond acceptors (Lipinski definition) is 4. The topological polar surface area (TPSA) is 72.2 Å². The van der Waals surface area contributed by atoms with E-state index in [0.29, 0.717) is 0 Å². The highest BCUT2D eigenvalue weighted by molar-refractivity contribution is 7.80. The molecule has 0 aliphatic heterocycles. The van der Waals surface area contributed by atoms with Crippen LogP contribution in [0.5, 0.6) is 0 Å². The van der Waals surface area contributed by atoms with Crippen molar-refractivity contribution in [3.8, 4) is 0 Å². The van der Waals surface area contributed by atoms with Crippen molar-refractivity contribution >= 4 is 59.5 Å². The SMILES string of the molecule is CCCNC(=S)NCCCNCCCCNCCCNC(=S)NCCC.Cl.Cl. The second-order valence-electron chi connectivity index (χ2n) is 6.28. The second-order valence-corrected chi connectivity index (χ2v) is 7.10. The Morgan fingerprint density at radius 3 is 1.18 bits per heavy atom. The molecule has 0 aromatic heterocycles. The van der Waals surface area contributed by atoms with Crippen LogP contribution in [0, 0.1) is 0 Å². The molecular weight excluding hydrogens is 435 g/mol. The minimum absolute atomic E-state index is 0. The van der Waals surface area contributed by atoms with Gasteiger partial charge in [0.15, 0.2) is 10.2 Å². The molecule has 0 radical (unpaired) electrons. The summed E-state index contributed by atoms with van der Waals surface area (Å²) < 4.78 is 0. The lowest BCUT2D eigenvalue weighted by atomic mass is 10.3. The predicted octanol–water partition coefficient (Wildman–Crippen LogP) is 2.32. The fourth-order valence-corrected chi connectivity index (χ4v) is 2.59. The van der Waals surface area contributed by atoms with E-state index in [1.54, 1.807) is 0 Å². The van der Waals surface area contributed by atoms with Gasteiger partial charge in [0, 0.05) is 26.2 Å². The fraction of sp³-hybridized carbons (Fsp3) is 0.889. The highest BCUT2D eigenvalue weighted by atomic mass is 35.5. The van der Waals surface area contributed by atoms with Gasteiger partial charge in [0.25, 0.3) is 0 Å². The van der Waals surface area contributed by atoms with Crippen LogP contribution in [0.4, 0.5) is 0 Å². The molecule has 0 bridgehead atoms. The van der Waals surface area contributed by atoms with Gasteiger partial charge in [-0.25, -0.2) is 0 Å². The molecule has 0 aliphatic rings. The molecule has 0 unspecified atom stereocenters. The van der Waals surface area contributed by atoms with Gasteiger partial charge < -0.3 is 31.9 Å². The molecule has 0 heterocycles. The van der Waals surface area contributed by atoms with Crippen LogP contribution in [0.2, 0.25) is 0 Å². The Balaban J connectivity index is -0.00000312. The summed E-state index contributed by atoms with van der Waals surface area (Å²) in [5, 5.41) is 21.3. The molecule has 0 rings (SSSR count). The Kier molecular flexibility index (Phi) is 31.2. The molecule has 10 heteroatoms. The van der Waals surface area contributed by atoms with Crippen LogP contribution in [0.3, 0.4) is 0 Å². The Bertz CT molecular complexity index is 320. The minimum Gasteiger partial charge on any atom is -0.363 e. The van der Waals surface area contributed by atoms with Crippen LogP contribution < -0.4 is 31.9 Å². The van der Waals surface area contributed by atoms with Crippen LogP contribution in [-0.4, -0.2) is 62.6 Å². The summed E-state index contributed by atoms with van der Waals surface area (Å²) in [7, 11) is 0. The predicted molar refractivity (Wildman–Crippen MR) is 136 cm³/mol. The standard InChI is InChI=1S/C18H40N6S2.2ClH/c1-3-9-21-17(25)23-15-7-13-19-11-5-6-12-20-14-8-16-24-18(26)22-10-4-2;;/h19-20H,3-16H2,1-2H3,(H2,21,23,25)(H2,22,24,26);2*1H. The summed E-state index contributed by atoms with van der Waals surface area (Å²) >= 11 is 10.3. The van der Waals surface area contributed by atoms with Crippen molar-refractivity contribution in [3.05, 3.63) is 0 Å². The molecule has 0 aromatic carbocycles. The van der Waals surface area contributed by atoms with Crippen molar-refractivity contribution in [3.63, 3.8) is 0 Å². The quantitative estimate of drug-likeness (QED) is 0.141. The molecule has 28 heavy (non-hydrogen) atoms. The van der Waals surface area contributed by atoms with Crippen LogP contribution in [0.15, 0.2) is 0 Å². The summed E-state index contributed by atoms with van der Waals surface area (Å²) in [6, 6.07) is 0. The van der Waals surface area contributed by atoms with Crippen molar-refractivity contribution in [1.82, 2.24) is 31.9 Å². The lowest BCUT2D eigenvalue weighted by Gasteiger charge is -2.10. The van der Waals surface area contributed by atoms with E-state index in [9.17, 15) is 0 Å². The van der Waals surface area contributed by atoms with Gasteiger partial charge in [0.05, 0.1) is 0 Å². The first kappa shape index (κ1) is 32.5. The summed E-state index contributed by atoms with van der Waals surface area (Å²) in [5.41, 5.74) is 0. The van der Waals surface area contributed by atoms with E-state index in [2.05, 4.69) is 45.7 Å². The highest BCUT2D eigenvalue weighted by Crippen LogP contribution is 1.86. The average Bonchev–Trinajstić information content (AvgIpc) is 2.64. The number of thiocarbonyl (C=S) groups is 2. The van der Waals surface area contributed by atoms with Crippen molar-refractivity contribution in [2.45, 2.75) is 52.4 Å². The van der Waals surface area contributed by atoms with Gasteiger partial charge in [-0.15, -0.1) is 24.8 Å². The molecule has 0 spiro atoms.